The Morgan fingerprint density at radius 3 is 2.43 bits per heavy atom. The summed E-state index contributed by atoms with van der Waals surface area (Å²) in [4.78, 5) is 0. The predicted molar refractivity (Wildman–Crippen MR) is 56.5 cm³/mol. The zero-order valence-electron chi connectivity index (χ0n) is 8.82. The molecule has 1 unspecified atom stereocenters. The van der Waals surface area contributed by atoms with Crippen LogP contribution in [-0.4, -0.2) is 11.2 Å². The molecule has 0 amide bonds. The molecule has 0 aromatic heterocycles. The zero-order chi connectivity index (χ0) is 10.7. The molecule has 0 aliphatic rings. The molecule has 1 atom stereocenters. The van der Waals surface area contributed by atoms with E-state index in [0.29, 0.717) is 11.3 Å². The van der Waals surface area contributed by atoms with Crippen molar-refractivity contribution < 1.29 is 9.84 Å². The number of ether oxygens (including phenoxy) is 1. The van der Waals surface area contributed by atoms with Gasteiger partial charge in [-0.05, 0) is 32.9 Å². The fourth-order valence-electron chi connectivity index (χ4n) is 1.35. The largest absolute Gasteiger partial charge is 0.507 e. The van der Waals surface area contributed by atoms with Crippen molar-refractivity contribution in [2.75, 3.05) is 0 Å². The SMILES string of the molecule is CC(C)Oc1cccc(O)c1C(C)N. The summed E-state index contributed by atoms with van der Waals surface area (Å²) in [5.74, 6) is 0.855. The molecule has 0 aliphatic heterocycles. The average molecular weight is 195 g/mol. The minimum absolute atomic E-state index is 0.0781. The van der Waals surface area contributed by atoms with E-state index >= 15 is 0 Å². The molecule has 1 aromatic rings. The molecule has 0 bridgehead atoms. The summed E-state index contributed by atoms with van der Waals surface area (Å²) in [6.07, 6.45) is 0.0781. The molecule has 0 saturated heterocycles. The highest BCUT2D eigenvalue weighted by Gasteiger charge is 2.13. The second-order valence-corrected chi connectivity index (χ2v) is 3.64. The molecule has 0 aliphatic carbocycles. The fraction of sp³-hybridized carbons (Fsp3) is 0.455. The van der Waals surface area contributed by atoms with E-state index < -0.39 is 0 Å². The quantitative estimate of drug-likeness (QED) is 0.777. The third-order valence-corrected chi connectivity index (χ3v) is 1.86. The minimum Gasteiger partial charge on any atom is -0.507 e. The molecule has 1 rings (SSSR count). The van der Waals surface area contributed by atoms with Crippen molar-refractivity contribution in [1.82, 2.24) is 0 Å². The zero-order valence-corrected chi connectivity index (χ0v) is 8.82. The van der Waals surface area contributed by atoms with Gasteiger partial charge in [0.05, 0.1) is 11.7 Å². The number of hydrogen-bond acceptors (Lipinski definition) is 3. The standard InChI is InChI=1S/C11H17NO2/c1-7(2)14-10-6-4-5-9(13)11(10)8(3)12/h4-8,13H,12H2,1-3H3. The topological polar surface area (TPSA) is 55.5 Å². The number of nitrogens with two attached hydrogens (primary N) is 1. The van der Waals surface area contributed by atoms with E-state index in [9.17, 15) is 5.11 Å². The summed E-state index contributed by atoms with van der Waals surface area (Å²) in [7, 11) is 0. The van der Waals surface area contributed by atoms with Gasteiger partial charge in [-0.25, -0.2) is 0 Å². The van der Waals surface area contributed by atoms with Gasteiger partial charge in [0, 0.05) is 6.04 Å². The Morgan fingerprint density at radius 2 is 1.93 bits per heavy atom. The van der Waals surface area contributed by atoms with Gasteiger partial charge in [-0.3, -0.25) is 0 Å². The Balaban J connectivity index is 3.08. The summed E-state index contributed by atoms with van der Waals surface area (Å²) in [6.45, 7) is 5.70. The van der Waals surface area contributed by atoms with E-state index in [1.807, 2.05) is 26.8 Å². The molecule has 3 N–H and O–H groups in total. The van der Waals surface area contributed by atoms with Crippen molar-refractivity contribution in [2.45, 2.75) is 32.9 Å². The predicted octanol–water partition coefficient (Wildman–Crippen LogP) is 2.20. The summed E-state index contributed by atoms with van der Waals surface area (Å²) in [5.41, 5.74) is 6.42. The lowest BCUT2D eigenvalue weighted by Crippen LogP contribution is -2.12. The third kappa shape index (κ3) is 2.39. The molecule has 0 heterocycles. The van der Waals surface area contributed by atoms with Crippen molar-refractivity contribution in [3.05, 3.63) is 23.8 Å². The number of aromatic hydroxyl groups is 1. The lowest BCUT2D eigenvalue weighted by Gasteiger charge is -2.17. The number of hydrogen-bond donors (Lipinski definition) is 2. The van der Waals surface area contributed by atoms with Crippen LogP contribution in [0.5, 0.6) is 11.5 Å². The van der Waals surface area contributed by atoms with E-state index in [2.05, 4.69) is 0 Å². The number of phenols is 1. The monoisotopic (exact) mass is 195 g/mol. The smallest absolute Gasteiger partial charge is 0.128 e. The first-order chi connectivity index (χ1) is 6.52. The van der Waals surface area contributed by atoms with Gasteiger partial charge in [-0.15, -0.1) is 0 Å². The molecule has 0 radical (unpaired) electrons. The first-order valence-corrected chi connectivity index (χ1v) is 4.76. The first-order valence-electron chi connectivity index (χ1n) is 4.76. The highest BCUT2D eigenvalue weighted by Crippen LogP contribution is 2.32. The third-order valence-electron chi connectivity index (χ3n) is 1.86. The number of phenolic OH excluding ortho intramolecular Hbond substituents is 1. The second-order valence-electron chi connectivity index (χ2n) is 3.64. The van der Waals surface area contributed by atoms with Crippen LogP contribution >= 0.6 is 0 Å². The van der Waals surface area contributed by atoms with Crippen LogP contribution in [0.2, 0.25) is 0 Å². The highest BCUT2D eigenvalue weighted by molar-refractivity contribution is 5.45. The van der Waals surface area contributed by atoms with Gasteiger partial charge in [-0.1, -0.05) is 6.07 Å². The molecule has 0 saturated carbocycles. The van der Waals surface area contributed by atoms with E-state index in [4.69, 9.17) is 10.5 Å². The van der Waals surface area contributed by atoms with Gasteiger partial charge in [-0.2, -0.15) is 0 Å². The van der Waals surface area contributed by atoms with Crippen LogP contribution in [0.1, 0.15) is 32.4 Å². The van der Waals surface area contributed by atoms with Gasteiger partial charge < -0.3 is 15.6 Å². The second kappa shape index (κ2) is 4.33. The number of rotatable bonds is 3. The maximum absolute atomic E-state index is 9.61. The summed E-state index contributed by atoms with van der Waals surface area (Å²) in [5, 5.41) is 9.61. The molecule has 78 valence electrons. The van der Waals surface area contributed by atoms with Gasteiger partial charge >= 0.3 is 0 Å². The van der Waals surface area contributed by atoms with E-state index in [-0.39, 0.29) is 17.9 Å². The summed E-state index contributed by atoms with van der Waals surface area (Å²) in [6, 6.07) is 4.95. The number of benzene rings is 1. The highest BCUT2D eigenvalue weighted by atomic mass is 16.5. The minimum atomic E-state index is -0.232. The summed E-state index contributed by atoms with van der Waals surface area (Å²) >= 11 is 0. The lowest BCUT2D eigenvalue weighted by molar-refractivity contribution is 0.237. The summed E-state index contributed by atoms with van der Waals surface area (Å²) < 4.78 is 5.55. The van der Waals surface area contributed by atoms with Gasteiger partial charge in [0.1, 0.15) is 11.5 Å². The molecule has 3 nitrogen and oxygen atoms in total. The average Bonchev–Trinajstić information content (AvgIpc) is 2.01. The first kappa shape index (κ1) is 10.9. The van der Waals surface area contributed by atoms with E-state index in [0.717, 1.165) is 0 Å². The van der Waals surface area contributed by atoms with Crippen molar-refractivity contribution in [3.63, 3.8) is 0 Å². The van der Waals surface area contributed by atoms with Crippen LogP contribution in [0.15, 0.2) is 18.2 Å². The molecule has 0 fully saturated rings. The van der Waals surface area contributed by atoms with Crippen LogP contribution in [-0.2, 0) is 0 Å². The Bertz CT molecular complexity index is 308. The fourth-order valence-corrected chi connectivity index (χ4v) is 1.35. The van der Waals surface area contributed by atoms with Crippen molar-refractivity contribution in [3.8, 4) is 11.5 Å². The molecule has 0 spiro atoms. The normalized spacial score (nSPS) is 12.9. The Kier molecular flexibility index (Phi) is 3.36. The van der Waals surface area contributed by atoms with Crippen LogP contribution < -0.4 is 10.5 Å². The van der Waals surface area contributed by atoms with Gasteiger partial charge in [0.15, 0.2) is 0 Å². The van der Waals surface area contributed by atoms with Crippen molar-refractivity contribution in [1.29, 1.82) is 0 Å². The van der Waals surface area contributed by atoms with Gasteiger partial charge in [0.25, 0.3) is 0 Å². The Morgan fingerprint density at radius 1 is 1.29 bits per heavy atom. The molecular formula is C11H17NO2. The van der Waals surface area contributed by atoms with Crippen molar-refractivity contribution >= 4 is 0 Å². The molecule has 3 heteroatoms. The van der Waals surface area contributed by atoms with Crippen LogP contribution in [0.25, 0.3) is 0 Å². The molecule has 14 heavy (non-hydrogen) atoms. The van der Waals surface area contributed by atoms with Crippen LogP contribution in [0.4, 0.5) is 0 Å². The lowest BCUT2D eigenvalue weighted by atomic mass is 10.1. The molecule has 1 aromatic carbocycles. The van der Waals surface area contributed by atoms with E-state index in [1.165, 1.54) is 0 Å². The van der Waals surface area contributed by atoms with Crippen LogP contribution in [0.3, 0.4) is 0 Å². The van der Waals surface area contributed by atoms with E-state index in [1.54, 1.807) is 12.1 Å². The van der Waals surface area contributed by atoms with Crippen molar-refractivity contribution in [2.24, 2.45) is 5.73 Å². The van der Waals surface area contributed by atoms with Crippen LogP contribution in [0, 0.1) is 0 Å². The maximum atomic E-state index is 9.61. The Labute approximate surface area is 84.5 Å². The molecular weight excluding hydrogens is 178 g/mol. The Hall–Kier alpha value is -1.22. The maximum Gasteiger partial charge on any atom is 0.128 e. The van der Waals surface area contributed by atoms with Gasteiger partial charge in [0.2, 0.25) is 0 Å².